The van der Waals surface area contributed by atoms with E-state index in [0.717, 1.165) is 59.6 Å². The molecule has 2 aliphatic heterocycles. The van der Waals surface area contributed by atoms with Crippen LogP contribution in [0, 0.1) is 0 Å². The first-order valence-electron chi connectivity index (χ1n) is 14.9. The number of aromatic amines is 1. The first kappa shape index (κ1) is 36.7. The summed E-state index contributed by atoms with van der Waals surface area (Å²) < 4.78 is 4.56. The fraction of sp³-hybridized carbons (Fsp3) is 0.379. The first-order valence-corrected chi connectivity index (χ1v) is 17.7. The van der Waals surface area contributed by atoms with Gasteiger partial charge in [0.05, 0.1) is 17.9 Å². The van der Waals surface area contributed by atoms with Crippen LogP contribution in [0.3, 0.4) is 0 Å². The van der Waals surface area contributed by atoms with Gasteiger partial charge in [-0.05, 0) is 47.6 Å². The summed E-state index contributed by atoms with van der Waals surface area (Å²) in [7, 11) is 0. The number of nitrogens with two attached hydrogens (primary N) is 1. The van der Waals surface area contributed by atoms with E-state index >= 15 is 0 Å². The summed E-state index contributed by atoms with van der Waals surface area (Å²) in [6.45, 7) is 0. The van der Waals surface area contributed by atoms with Gasteiger partial charge < -0.3 is 31.4 Å². The molecule has 20 heteroatoms. The number of anilines is 2. The Morgan fingerprint density at radius 1 is 1.16 bits per heavy atom. The van der Waals surface area contributed by atoms with E-state index < -0.39 is 46.8 Å². The molecule has 1 saturated carbocycles. The van der Waals surface area contributed by atoms with Crippen molar-refractivity contribution in [1.82, 2.24) is 29.5 Å². The van der Waals surface area contributed by atoms with Crippen molar-refractivity contribution >= 4 is 70.5 Å². The van der Waals surface area contributed by atoms with Gasteiger partial charge in [-0.25, -0.2) is 14.8 Å². The summed E-state index contributed by atoms with van der Waals surface area (Å²) in [4.78, 5) is 78.7. The van der Waals surface area contributed by atoms with Gasteiger partial charge in [0, 0.05) is 17.5 Å². The number of hydrogen-bond donors (Lipinski definition) is 5. The second-order valence-corrected chi connectivity index (χ2v) is 14.4. The summed E-state index contributed by atoms with van der Waals surface area (Å²) in [6, 6.07) is 1.57. The van der Waals surface area contributed by atoms with Crippen LogP contribution in [0.15, 0.2) is 57.2 Å². The van der Waals surface area contributed by atoms with Crippen molar-refractivity contribution in [2.45, 2.75) is 59.9 Å². The number of β-lactam (4-membered cyclic amide) rings is 1. The molecule has 0 spiro atoms. The largest absolute Gasteiger partial charge is 1.00 e. The van der Waals surface area contributed by atoms with Crippen LogP contribution in [0.4, 0.5) is 16.4 Å². The molecule has 2 unspecified atom stereocenters. The Balaban J connectivity index is 0.00000468. The molecule has 1 aromatic carbocycles. The summed E-state index contributed by atoms with van der Waals surface area (Å²) >= 11 is 3.70. The molecule has 2 aromatic heterocycles. The van der Waals surface area contributed by atoms with Crippen LogP contribution in [0.2, 0.25) is 0 Å². The van der Waals surface area contributed by atoms with Crippen LogP contribution in [-0.2, 0) is 14.4 Å². The Bertz CT molecular complexity index is 1800. The molecule has 4 amide bonds. The Labute approximate surface area is 314 Å². The number of thioether (sulfide) groups is 2. The van der Waals surface area contributed by atoms with Crippen molar-refractivity contribution in [3.8, 4) is 5.75 Å². The van der Waals surface area contributed by atoms with Crippen molar-refractivity contribution in [2.75, 3.05) is 21.7 Å². The Hall–Kier alpha value is -3.62. The quantitative estimate of drug-likeness (QED) is 0.0807. The topological polar surface area (TPSA) is 240 Å². The van der Waals surface area contributed by atoms with E-state index in [1.807, 2.05) is 0 Å². The predicted molar refractivity (Wildman–Crippen MR) is 176 cm³/mol. The second kappa shape index (κ2) is 15.9. The van der Waals surface area contributed by atoms with Gasteiger partial charge in [0.25, 0.3) is 11.5 Å². The monoisotopic (exact) mass is 735 g/mol. The smallest absolute Gasteiger partial charge is 0.543 e. The molecule has 6 N–H and O–H groups in total. The fourth-order valence-electron chi connectivity index (χ4n) is 5.92. The molecule has 2 fully saturated rings. The number of carboxylic acids is 1. The summed E-state index contributed by atoms with van der Waals surface area (Å²) in [5.74, 6) is -2.52. The molecular weight excluding hydrogens is 706 g/mol. The van der Waals surface area contributed by atoms with Crippen molar-refractivity contribution in [3.05, 3.63) is 64.0 Å². The number of phenols is 1. The molecule has 3 aliphatic rings. The molecule has 3 atom stereocenters. The van der Waals surface area contributed by atoms with Crippen molar-refractivity contribution < 1.29 is 58.9 Å². The average Bonchev–Trinajstić information content (AvgIpc) is 3.60. The minimum atomic E-state index is -1.58. The van der Waals surface area contributed by atoms with E-state index in [9.17, 15) is 34.2 Å². The van der Waals surface area contributed by atoms with Gasteiger partial charge in [-0.1, -0.05) is 43.2 Å². The van der Waals surface area contributed by atoms with Crippen LogP contribution >= 0.6 is 35.1 Å². The number of nitrogens with one attached hydrogen (secondary N) is 3. The number of carbonyl (C=O) groups is 4. The maximum absolute atomic E-state index is 14.0. The van der Waals surface area contributed by atoms with Gasteiger partial charge >= 0.3 is 35.6 Å². The van der Waals surface area contributed by atoms with Crippen LogP contribution in [0.25, 0.3) is 0 Å². The van der Waals surface area contributed by atoms with Crippen molar-refractivity contribution in [3.63, 3.8) is 0 Å². The molecule has 0 bridgehead atoms. The molecule has 49 heavy (non-hydrogen) atoms. The summed E-state index contributed by atoms with van der Waals surface area (Å²) in [6.07, 6.45) is 7.61. The summed E-state index contributed by atoms with van der Waals surface area (Å²) in [5.41, 5.74) is 5.07. The zero-order valence-electron chi connectivity index (χ0n) is 26.2. The number of amides is 4. The number of urea groups is 1. The van der Waals surface area contributed by atoms with Crippen LogP contribution in [0.1, 0.15) is 43.7 Å². The van der Waals surface area contributed by atoms with E-state index in [-0.39, 0.29) is 75.8 Å². The fourth-order valence-corrected chi connectivity index (χ4v) is 8.85. The number of benzene rings is 1. The number of H-pyrrole nitrogens is 1. The van der Waals surface area contributed by atoms with Crippen LogP contribution in [-0.4, -0.2) is 82.1 Å². The van der Waals surface area contributed by atoms with Gasteiger partial charge in [0.1, 0.15) is 35.2 Å². The van der Waals surface area contributed by atoms with Gasteiger partial charge in [0.2, 0.25) is 11.9 Å². The number of aromatic nitrogens is 4. The van der Waals surface area contributed by atoms with Crippen LogP contribution < -0.4 is 61.5 Å². The van der Waals surface area contributed by atoms with E-state index in [1.54, 1.807) is 0 Å². The zero-order chi connectivity index (χ0) is 33.9. The van der Waals surface area contributed by atoms with E-state index in [4.69, 9.17) is 5.73 Å². The van der Waals surface area contributed by atoms with Gasteiger partial charge in [-0.15, -0.1) is 11.8 Å². The Morgan fingerprint density at radius 3 is 2.53 bits per heavy atom. The van der Waals surface area contributed by atoms with Crippen molar-refractivity contribution in [1.29, 1.82) is 0 Å². The van der Waals surface area contributed by atoms with E-state index in [0.29, 0.717) is 9.91 Å². The molecule has 1 aliphatic carbocycles. The molecule has 6 rings (SSSR count). The maximum atomic E-state index is 14.0. The molecule has 3 aromatic rings. The predicted octanol–water partition coefficient (Wildman–Crippen LogP) is -2.10. The minimum Gasteiger partial charge on any atom is -0.543 e. The Kier molecular flexibility index (Phi) is 11.9. The van der Waals surface area contributed by atoms with Gasteiger partial charge in [0.15, 0.2) is 4.34 Å². The standard InChI is InChI=1S/C29H31N9O7S3.Na/c30-27(45)37(18-10-31-28(36-22(18)40)34-16-4-2-1-3-5-16)20(14-6-8-17(39)9-7-14)23(41)35-19-24(42)38-21(26(43)44)15(11-46-25(19)38)12-47-29-32-13-33-48-29;/h6-10,13,16,19-20,25,39H,1-5,11-12H2,(H2,30,45)(H,35,41)(H,43,44)(H2,31,34,36,40);/q;+1/p-1/t19?,20?,25-;/m0./s1. The third kappa shape index (κ3) is 7.91. The van der Waals surface area contributed by atoms with E-state index in [1.165, 1.54) is 54.1 Å². The number of carbonyl (C=O) groups excluding carboxylic acids is 4. The van der Waals surface area contributed by atoms with Crippen molar-refractivity contribution in [2.24, 2.45) is 5.73 Å². The minimum absolute atomic E-state index is 0. The number of hydrogen-bond acceptors (Lipinski definition) is 14. The summed E-state index contributed by atoms with van der Waals surface area (Å²) in [5, 5.41) is 27.1. The number of aliphatic carboxylic acids is 1. The molecule has 252 valence electrons. The number of carboxylic acid groups (broad SMARTS) is 1. The molecule has 1 saturated heterocycles. The second-order valence-electron chi connectivity index (χ2n) is 11.3. The van der Waals surface area contributed by atoms with E-state index in [2.05, 4.69) is 30.0 Å². The first-order chi connectivity index (χ1) is 23.1. The number of phenolic OH excluding ortho intramolecular Hbond substituents is 1. The third-order valence-corrected chi connectivity index (χ3v) is 11.4. The third-order valence-electron chi connectivity index (χ3n) is 8.19. The molecule has 0 radical (unpaired) electrons. The number of rotatable bonds is 11. The molecular formula is C29H30N9NaO7S3. The average molecular weight is 736 g/mol. The normalized spacial score (nSPS) is 19.6. The van der Waals surface area contributed by atoms with Gasteiger partial charge in [-0.2, -0.15) is 4.37 Å². The number of aromatic hydroxyl groups is 1. The van der Waals surface area contributed by atoms with Gasteiger partial charge in [-0.3, -0.25) is 29.2 Å². The van der Waals surface area contributed by atoms with Crippen LogP contribution in [0.5, 0.6) is 5.75 Å². The number of primary amides is 1. The maximum Gasteiger partial charge on any atom is 1.00 e. The molecule has 4 heterocycles. The Morgan fingerprint density at radius 2 is 1.90 bits per heavy atom. The number of fused-ring (bicyclic) bond motifs is 1. The number of nitrogens with zero attached hydrogens (tertiary/aromatic N) is 5. The zero-order valence-corrected chi connectivity index (χ0v) is 30.6. The molecule has 16 nitrogen and oxygen atoms in total. The SMILES string of the molecule is NC(=O)N(c1cnc(NC2CCCCC2)[nH]c1=O)C(C(=O)NC1C(=O)N2C(C(=O)[O-])=C(CSc3ncns3)CS[C@@H]12)c1ccc(O)cc1.[Na+].